The van der Waals surface area contributed by atoms with E-state index in [9.17, 15) is 13.2 Å². The van der Waals surface area contributed by atoms with Gasteiger partial charge in [0.1, 0.15) is 6.04 Å². The predicted molar refractivity (Wildman–Crippen MR) is 118 cm³/mol. The van der Waals surface area contributed by atoms with Crippen molar-refractivity contribution in [1.82, 2.24) is 4.31 Å². The van der Waals surface area contributed by atoms with Crippen molar-refractivity contribution >= 4 is 21.6 Å². The van der Waals surface area contributed by atoms with Crippen LogP contribution in [0.1, 0.15) is 22.3 Å². The number of hydrogen-bond acceptors (Lipinski definition) is 3. The highest BCUT2D eigenvalue weighted by molar-refractivity contribution is 7.89. The number of nitrogens with zero attached hydrogens (tertiary/aromatic N) is 1. The molecule has 4 rings (SSSR count). The molecule has 6 heteroatoms. The van der Waals surface area contributed by atoms with Gasteiger partial charge in [-0.2, -0.15) is 4.31 Å². The molecule has 1 amide bonds. The molecule has 0 radical (unpaired) electrons. The molecule has 1 atom stereocenters. The highest BCUT2D eigenvalue weighted by Gasteiger charge is 2.39. The van der Waals surface area contributed by atoms with Gasteiger partial charge in [0.05, 0.1) is 4.90 Å². The molecule has 1 aliphatic rings. The largest absolute Gasteiger partial charge is 0.324 e. The van der Waals surface area contributed by atoms with Crippen LogP contribution in [0.15, 0.2) is 77.7 Å². The van der Waals surface area contributed by atoms with Gasteiger partial charge in [0.2, 0.25) is 15.9 Å². The van der Waals surface area contributed by atoms with Crippen LogP contribution in [0.5, 0.6) is 0 Å². The van der Waals surface area contributed by atoms with Crippen molar-refractivity contribution in [3.8, 4) is 0 Å². The van der Waals surface area contributed by atoms with Crippen LogP contribution in [-0.2, 0) is 27.8 Å². The molecule has 154 valence electrons. The Hall–Kier alpha value is -2.96. The number of carbonyl (C=O) groups is 1. The lowest BCUT2D eigenvalue weighted by Gasteiger charge is -2.35. The minimum absolute atomic E-state index is 0.165. The Bertz CT molecular complexity index is 1190. The Morgan fingerprint density at radius 3 is 2.30 bits per heavy atom. The first-order valence-corrected chi connectivity index (χ1v) is 11.3. The zero-order valence-corrected chi connectivity index (χ0v) is 17.8. The van der Waals surface area contributed by atoms with Crippen LogP contribution in [-0.4, -0.2) is 24.7 Å². The topological polar surface area (TPSA) is 66.5 Å². The van der Waals surface area contributed by atoms with Gasteiger partial charge in [0.25, 0.3) is 0 Å². The van der Waals surface area contributed by atoms with Crippen LogP contribution < -0.4 is 5.32 Å². The molecule has 0 spiro atoms. The summed E-state index contributed by atoms with van der Waals surface area (Å²) in [5, 5.41) is 2.96. The average molecular weight is 421 g/mol. The summed E-state index contributed by atoms with van der Waals surface area (Å²) in [6, 6.07) is 20.8. The van der Waals surface area contributed by atoms with Gasteiger partial charge in [-0.15, -0.1) is 0 Å². The molecule has 1 N–H and O–H groups in total. The Morgan fingerprint density at radius 1 is 0.900 bits per heavy atom. The molecule has 0 fully saturated rings. The Balaban J connectivity index is 1.73. The molecule has 0 bridgehead atoms. The number of amides is 1. The van der Waals surface area contributed by atoms with E-state index in [4.69, 9.17) is 0 Å². The quantitative estimate of drug-likeness (QED) is 0.692. The van der Waals surface area contributed by atoms with Crippen molar-refractivity contribution in [3.05, 3.63) is 95.1 Å². The van der Waals surface area contributed by atoms with Crippen LogP contribution >= 0.6 is 0 Å². The Kier molecular flexibility index (Phi) is 5.45. The molecule has 5 nitrogen and oxygen atoms in total. The first-order chi connectivity index (χ1) is 14.4. The number of rotatable bonds is 4. The molecule has 0 aliphatic carbocycles. The third-order valence-corrected chi connectivity index (χ3v) is 7.59. The van der Waals surface area contributed by atoms with Crippen molar-refractivity contribution in [3.63, 3.8) is 0 Å². The van der Waals surface area contributed by atoms with Crippen molar-refractivity contribution in [2.75, 3.05) is 5.32 Å². The number of fused-ring (bicyclic) bond motifs is 1. The zero-order chi connectivity index (χ0) is 21.3. The number of sulfonamides is 1. The van der Waals surface area contributed by atoms with Gasteiger partial charge in [0.15, 0.2) is 0 Å². The summed E-state index contributed by atoms with van der Waals surface area (Å²) in [4.78, 5) is 13.5. The van der Waals surface area contributed by atoms with Crippen molar-refractivity contribution in [1.29, 1.82) is 0 Å². The molecule has 0 saturated carbocycles. The first-order valence-electron chi connectivity index (χ1n) is 9.88. The molecular formula is C24H24N2O3S. The van der Waals surface area contributed by atoms with Gasteiger partial charge in [-0.1, -0.05) is 54.6 Å². The summed E-state index contributed by atoms with van der Waals surface area (Å²) >= 11 is 0. The summed E-state index contributed by atoms with van der Waals surface area (Å²) < 4.78 is 28.2. The maximum absolute atomic E-state index is 13.4. The highest BCUT2D eigenvalue weighted by Crippen LogP contribution is 2.30. The molecule has 1 aliphatic heterocycles. The van der Waals surface area contributed by atoms with Gasteiger partial charge < -0.3 is 5.32 Å². The van der Waals surface area contributed by atoms with Crippen LogP contribution in [0.2, 0.25) is 0 Å². The number of anilines is 1. The van der Waals surface area contributed by atoms with E-state index in [1.54, 1.807) is 30.3 Å². The lowest BCUT2D eigenvalue weighted by Crippen LogP contribution is -2.50. The normalized spacial score (nSPS) is 16.7. The van der Waals surface area contributed by atoms with Crippen LogP contribution in [0, 0.1) is 13.8 Å². The van der Waals surface area contributed by atoms with Gasteiger partial charge >= 0.3 is 0 Å². The van der Waals surface area contributed by atoms with Crippen molar-refractivity contribution in [2.45, 2.75) is 37.8 Å². The summed E-state index contributed by atoms with van der Waals surface area (Å²) in [5.41, 5.74) is 4.66. The summed E-state index contributed by atoms with van der Waals surface area (Å²) in [5.74, 6) is -0.322. The smallest absolute Gasteiger partial charge is 0.244 e. The molecule has 0 saturated heterocycles. The van der Waals surface area contributed by atoms with E-state index >= 15 is 0 Å². The van der Waals surface area contributed by atoms with Crippen LogP contribution in [0.3, 0.4) is 0 Å². The number of nitrogens with one attached hydrogen (secondary N) is 1. The molecule has 3 aromatic rings. The summed E-state index contributed by atoms with van der Waals surface area (Å²) in [6.45, 7) is 4.09. The van der Waals surface area contributed by atoms with E-state index < -0.39 is 16.1 Å². The third-order valence-electron chi connectivity index (χ3n) is 5.72. The molecule has 0 unspecified atom stereocenters. The minimum Gasteiger partial charge on any atom is -0.324 e. The van der Waals surface area contributed by atoms with E-state index in [-0.39, 0.29) is 17.3 Å². The monoisotopic (exact) mass is 420 g/mol. The predicted octanol–water partition coefficient (Wildman–Crippen LogP) is 4.06. The highest BCUT2D eigenvalue weighted by atomic mass is 32.2. The average Bonchev–Trinajstić information content (AvgIpc) is 2.76. The van der Waals surface area contributed by atoms with E-state index in [1.165, 1.54) is 4.31 Å². The van der Waals surface area contributed by atoms with Crippen LogP contribution in [0.4, 0.5) is 5.69 Å². The Morgan fingerprint density at radius 2 is 1.57 bits per heavy atom. The van der Waals surface area contributed by atoms with Crippen LogP contribution in [0.25, 0.3) is 0 Å². The summed E-state index contributed by atoms with van der Waals surface area (Å²) in [7, 11) is -3.84. The molecular weight excluding hydrogens is 396 g/mol. The van der Waals surface area contributed by atoms with Gasteiger partial charge in [-0.25, -0.2) is 8.42 Å². The lowest BCUT2D eigenvalue weighted by atomic mass is 9.95. The molecule has 30 heavy (non-hydrogen) atoms. The van der Waals surface area contributed by atoms with E-state index in [0.717, 1.165) is 22.3 Å². The van der Waals surface area contributed by atoms with E-state index in [1.807, 2.05) is 56.3 Å². The van der Waals surface area contributed by atoms with E-state index in [0.29, 0.717) is 12.1 Å². The SMILES string of the molecule is Cc1cccc(NC(=O)[C@@H]2Cc3ccccc3CN2S(=O)(=O)c2ccccc2)c1C. The first kappa shape index (κ1) is 20.3. The second kappa shape index (κ2) is 8.05. The fourth-order valence-corrected chi connectivity index (χ4v) is 5.39. The summed E-state index contributed by atoms with van der Waals surface area (Å²) in [6.07, 6.45) is 0.332. The minimum atomic E-state index is -3.84. The maximum atomic E-state index is 13.4. The lowest BCUT2D eigenvalue weighted by molar-refractivity contribution is -0.120. The van der Waals surface area contributed by atoms with Gasteiger partial charge in [-0.3, -0.25) is 4.79 Å². The number of aryl methyl sites for hydroxylation is 1. The number of hydrogen-bond donors (Lipinski definition) is 1. The molecule has 0 aromatic heterocycles. The van der Waals surface area contributed by atoms with Crippen molar-refractivity contribution in [2.24, 2.45) is 0 Å². The Labute approximate surface area is 177 Å². The zero-order valence-electron chi connectivity index (χ0n) is 17.0. The molecule has 1 heterocycles. The number of benzene rings is 3. The fraction of sp³-hybridized carbons (Fsp3) is 0.208. The third kappa shape index (κ3) is 3.76. The second-order valence-corrected chi connectivity index (χ2v) is 9.48. The standard InChI is InChI=1S/C24H24N2O3S/c1-17-9-8-14-22(18(17)2)25-24(27)23-15-19-10-6-7-11-20(19)16-26(23)30(28,29)21-12-4-3-5-13-21/h3-14,23H,15-16H2,1-2H3,(H,25,27)/t23-/m0/s1. The molecule has 3 aromatic carbocycles. The maximum Gasteiger partial charge on any atom is 0.244 e. The fourth-order valence-electron chi connectivity index (χ4n) is 3.81. The number of carbonyl (C=O) groups excluding carboxylic acids is 1. The van der Waals surface area contributed by atoms with Gasteiger partial charge in [-0.05, 0) is 60.7 Å². The second-order valence-electron chi connectivity index (χ2n) is 7.59. The van der Waals surface area contributed by atoms with Gasteiger partial charge in [0, 0.05) is 12.2 Å². The van der Waals surface area contributed by atoms with E-state index in [2.05, 4.69) is 5.32 Å². The van der Waals surface area contributed by atoms with Crippen molar-refractivity contribution < 1.29 is 13.2 Å².